The number of rotatable bonds is 6. The maximum atomic E-state index is 12.5. The van der Waals surface area contributed by atoms with Gasteiger partial charge in [-0.05, 0) is 51.0 Å². The molecule has 1 saturated heterocycles. The molecule has 0 aliphatic carbocycles. The molecule has 7 heteroatoms. The largest absolute Gasteiger partial charge is 0.497 e. The van der Waals surface area contributed by atoms with Crippen molar-refractivity contribution in [3.8, 4) is 17.1 Å². The average molecular weight is 360 g/mol. The number of amides is 1. The lowest BCUT2D eigenvalue weighted by molar-refractivity contribution is -0.129. The Bertz CT molecular complexity index is 723. The summed E-state index contributed by atoms with van der Waals surface area (Å²) in [7, 11) is 1.65. The van der Waals surface area contributed by atoms with Gasteiger partial charge in [0.2, 0.25) is 5.91 Å². The Labute approximate surface area is 152 Å². The number of hydrogen-bond acceptors (Lipinski definition) is 5. The van der Waals surface area contributed by atoms with Crippen molar-refractivity contribution in [2.75, 3.05) is 20.2 Å². The molecule has 0 saturated carbocycles. The number of benzene rings is 1. The Morgan fingerprint density at radius 1 is 1.24 bits per heavy atom. The number of nitrogens with zero attached hydrogens (tertiary/aromatic N) is 4. The van der Waals surface area contributed by atoms with Crippen molar-refractivity contribution in [3.63, 3.8) is 0 Å². The van der Waals surface area contributed by atoms with Crippen molar-refractivity contribution >= 4 is 17.7 Å². The molecule has 3 rings (SSSR count). The zero-order valence-corrected chi connectivity index (χ0v) is 15.8. The van der Waals surface area contributed by atoms with Crippen LogP contribution in [0.15, 0.2) is 29.4 Å². The quantitative estimate of drug-likeness (QED) is 0.741. The van der Waals surface area contributed by atoms with Crippen LogP contribution in [0.5, 0.6) is 5.75 Å². The van der Waals surface area contributed by atoms with Crippen molar-refractivity contribution < 1.29 is 9.53 Å². The van der Waals surface area contributed by atoms with Gasteiger partial charge in [-0.3, -0.25) is 4.79 Å². The van der Waals surface area contributed by atoms with E-state index in [4.69, 9.17) is 4.74 Å². The van der Waals surface area contributed by atoms with Crippen LogP contribution >= 0.6 is 11.8 Å². The van der Waals surface area contributed by atoms with Gasteiger partial charge in [0.05, 0.1) is 12.4 Å². The highest BCUT2D eigenvalue weighted by molar-refractivity contribution is 8.00. The zero-order valence-electron chi connectivity index (χ0n) is 14.9. The standard InChI is InChI=1S/C18H24N4O2S/c1-4-22-16(14-7-9-15(24-3)10-8-14)19-20-18(22)25-13(2)17(23)21-11-5-6-12-21/h7-10,13H,4-6,11-12H2,1-3H3/t13-/m1/s1. The van der Waals surface area contributed by atoms with Crippen LogP contribution in [0.25, 0.3) is 11.4 Å². The molecule has 1 fully saturated rings. The number of methoxy groups -OCH3 is 1. The van der Waals surface area contributed by atoms with E-state index in [1.54, 1.807) is 7.11 Å². The first-order chi connectivity index (χ1) is 12.1. The number of ether oxygens (including phenoxy) is 1. The van der Waals surface area contributed by atoms with Crippen LogP contribution in [-0.4, -0.2) is 51.0 Å². The van der Waals surface area contributed by atoms with Gasteiger partial charge in [0.15, 0.2) is 11.0 Å². The summed E-state index contributed by atoms with van der Waals surface area (Å²) < 4.78 is 7.26. The van der Waals surface area contributed by atoms with E-state index < -0.39 is 0 Å². The SMILES string of the molecule is CCn1c(S[C@H](C)C(=O)N2CCCC2)nnc1-c1ccc(OC)cc1. The first-order valence-corrected chi connectivity index (χ1v) is 9.55. The highest BCUT2D eigenvalue weighted by Gasteiger charge is 2.26. The Morgan fingerprint density at radius 2 is 1.92 bits per heavy atom. The van der Waals surface area contributed by atoms with E-state index in [1.807, 2.05) is 36.1 Å². The number of hydrogen-bond donors (Lipinski definition) is 0. The second-order valence-corrected chi connectivity index (χ2v) is 7.38. The molecule has 1 amide bonds. The van der Waals surface area contributed by atoms with Crippen LogP contribution in [0.3, 0.4) is 0 Å². The molecular weight excluding hydrogens is 336 g/mol. The van der Waals surface area contributed by atoms with Gasteiger partial charge >= 0.3 is 0 Å². The van der Waals surface area contributed by atoms with Gasteiger partial charge in [0.1, 0.15) is 5.75 Å². The van der Waals surface area contributed by atoms with E-state index in [-0.39, 0.29) is 11.2 Å². The van der Waals surface area contributed by atoms with Crippen LogP contribution in [-0.2, 0) is 11.3 Å². The third-order valence-corrected chi connectivity index (χ3v) is 5.50. The fraction of sp³-hybridized carbons (Fsp3) is 0.500. The van der Waals surface area contributed by atoms with Crippen LogP contribution < -0.4 is 4.74 Å². The first kappa shape index (κ1) is 17.8. The molecule has 1 atom stereocenters. The number of thioether (sulfide) groups is 1. The molecule has 0 radical (unpaired) electrons. The fourth-order valence-corrected chi connectivity index (χ4v) is 4.01. The molecule has 0 unspecified atom stereocenters. The minimum absolute atomic E-state index is 0.156. The highest BCUT2D eigenvalue weighted by Crippen LogP contribution is 2.29. The van der Waals surface area contributed by atoms with Gasteiger partial charge in [-0.15, -0.1) is 10.2 Å². The number of carbonyl (C=O) groups is 1. The van der Waals surface area contributed by atoms with Crippen LogP contribution in [0, 0.1) is 0 Å². The predicted octanol–water partition coefficient (Wildman–Crippen LogP) is 3.08. The maximum Gasteiger partial charge on any atom is 0.235 e. The summed E-state index contributed by atoms with van der Waals surface area (Å²) in [5, 5.41) is 9.31. The molecule has 0 spiro atoms. The molecule has 2 heterocycles. The average Bonchev–Trinajstić information content (AvgIpc) is 3.31. The number of likely N-dealkylation sites (tertiary alicyclic amines) is 1. The lowest BCUT2D eigenvalue weighted by Gasteiger charge is -2.19. The molecule has 2 aromatic rings. The van der Waals surface area contributed by atoms with E-state index in [0.29, 0.717) is 0 Å². The third kappa shape index (κ3) is 3.81. The van der Waals surface area contributed by atoms with E-state index in [2.05, 4.69) is 21.7 Å². The highest BCUT2D eigenvalue weighted by atomic mass is 32.2. The minimum atomic E-state index is -0.156. The molecule has 25 heavy (non-hydrogen) atoms. The minimum Gasteiger partial charge on any atom is -0.497 e. The lowest BCUT2D eigenvalue weighted by atomic mass is 10.2. The third-order valence-electron chi connectivity index (χ3n) is 4.43. The Morgan fingerprint density at radius 3 is 2.52 bits per heavy atom. The molecule has 0 N–H and O–H groups in total. The van der Waals surface area contributed by atoms with Gasteiger partial charge in [0.25, 0.3) is 0 Å². The molecule has 0 bridgehead atoms. The van der Waals surface area contributed by atoms with Gasteiger partial charge in [-0.1, -0.05) is 11.8 Å². The predicted molar refractivity (Wildman–Crippen MR) is 98.8 cm³/mol. The number of carbonyl (C=O) groups excluding carboxylic acids is 1. The smallest absolute Gasteiger partial charge is 0.235 e. The second kappa shape index (κ2) is 7.91. The van der Waals surface area contributed by atoms with Crippen LogP contribution in [0.2, 0.25) is 0 Å². The second-order valence-electron chi connectivity index (χ2n) is 6.07. The van der Waals surface area contributed by atoms with E-state index >= 15 is 0 Å². The summed E-state index contributed by atoms with van der Waals surface area (Å²) in [6.45, 7) is 6.52. The molecular formula is C18H24N4O2S. The molecule has 1 aliphatic rings. The monoisotopic (exact) mass is 360 g/mol. The Balaban J connectivity index is 1.78. The molecule has 6 nitrogen and oxygen atoms in total. The van der Waals surface area contributed by atoms with E-state index in [0.717, 1.165) is 54.8 Å². The van der Waals surface area contributed by atoms with Crippen LogP contribution in [0.4, 0.5) is 0 Å². The molecule has 1 aromatic carbocycles. The van der Waals surface area contributed by atoms with Gasteiger partial charge in [-0.25, -0.2) is 0 Å². The summed E-state index contributed by atoms with van der Waals surface area (Å²) in [5.74, 6) is 1.82. The first-order valence-electron chi connectivity index (χ1n) is 8.67. The van der Waals surface area contributed by atoms with Crippen LogP contribution in [0.1, 0.15) is 26.7 Å². The summed E-state index contributed by atoms with van der Waals surface area (Å²) in [4.78, 5) is 14.5. The van der Waals surface area contributed by atoms with Gasteiger partial charge < -0.3 is 14.2 Å². The van der Waals surface area contributed by atoms with Crippen molar-refractivity contribution in [2.24, 2.45) is 0 Å². The van der Waals surface area contributed by atoms with Crippen molar-refractivity contribution in [2.45, 2.75) is 43.6 Å². The maximum absolute atomic E-state index is 12.5. The summed E-state index contributed by atoms with van der Waals surface area (Å²) >= 11 is 1.49. The van der Waals surface area contributed by atoms with Crippen molar-refractivity contribution in [1.29, 1.82) is 0 Å². The molecule has 134 valence electrons. The normalized spacial score (nSPS) is 15.4. The summed E-state index contributed by atoms with van der Waals surface area (Å²) in [6, 6.07) is 7.78. The van der Waals surface area contributed by atoms with Crippen molar-refractivity contribution in [3.05, 3.63) is 24.3 Å². The summed E-state index contributed by atoms with van der Waals surface area (Å²) in [5.41, 5.74) is 0.987. The topological polar surface area (TPSA) is 60.2 Å². The number of aromatic nitrogens is 3. The lowest BCUT2D eigenvalue weighted by Crippen LogP contribution is -2.34. The Kier molecular flexibility index (Phi) is 5.63. The summed E-state index contributed by atoms with van der Waals surface area (Å²) in [6.07, 6.45) is 2.21. The van der Waals surface area contributed by atoms with Gasteiger partial charge in [0, 0.05) is 25.2 Å². The van der Waals surface area contributed by atoms with E-state index in [9.17, 15) is 4.79 Å². The Hall–Kier alpha value is -2.02. The fourth-order valence-electron chi connectivity index (χ4n) is 3.02. The van der Waals surface area contributed by atoms with Crippen molar-refractivity contribution in [1.82, 2.24) is 19.7 Å². The molecule has 1 aliphatic heterocycles. The zero-order chi connectivity index (χ0) is 17.8. The van der Waals surface area contributed by atoms with E-state index in [1.165, 1.54) is 11.8 Å². The molecule has 1 aromatic heterocycles. The van der Waals surface area contributed by atoms with Gasteiger partial charge in [-0.2, -0.15) is 0 Å².